The van der Waals surface area contributed by atoms with E-state index in [2.05, 4.69) is 9.98 Å². The van der Waals surface area contributed by atoms with Crippen molar-refractivity contribution in [1.82, 2.24) is 0 Å². The molecule has 7 nitrogen and oxygen atoms in total. The Labute approximate surface area is 225 Å². The van der Waals surface area contributed by atoms with Gasteiger partial charge in [-0.3, -0.25) is 14.6 Å². The van der Waals surface area contributed by atoms with Crippen LogP contribution in [0, 0.1) is 41.0 Å². The summed E-state index contributed by atoms with van der Waals surface area (Å²) in [5.74, 6) is -6.48. The normalized spacial score (nSPS) is 26.8. The Kier molecular flexibility index (Phi) is 8.15. The predicted molar refractivity (Wildman–Crippen MR) is 134 cm³/mol. The molecular formula is C25H22ClF4N3O4S. The average Bonchev–Trinajstić information content (AvgIpc) is 3.27. The molecule has 1 heterocycles. The van der Waals surface area contributed by atoms with Gasteiger partial charge in [0.25, 0.3) is 0 Å². The van der Waals surface area contributed by atoms with E-state index in [0.29, 0.717) is 23.8 Å². The maximum absolute atomic E-state index is 14.0. The van der Waals surface area contributed by atoms with Crippen molar-refractivity contribution in [1.29, 1.82) is 0 Å². The first kappa shape index (κ1) is 28.1. The highest BCUT2D eigenvalue weighted by Crippen LogP contribution is 2.65. The molecule has 2 aromatic carbocycles. The number of fused-ring (bicyclic) bond motifs is 1. The van der Waals surface area contributed by atoms with Crippen molar-refractivity contribution in [3.05, 3.63) is 70.8 Å². The van der Waals surface area contributed by atoms with Crippen LogP contribution in [-0.2, 0) is 32.3 Å². The number of hydrogen-bond acceptors (Lipinski definition) is 8. The van der Waals surface area contributed by atoms with Gasteiger partial charge in [0, 0.05) is 40.6 Å². The second-order valence-corrected chi connectivity index (χ2v) is 10.3. The second-order valence-electron chi connectivity index (χ2n) is 9.12. The molecule has 1 aliphatic heterocycles. The van der Waals surface area contributed by atoms with Gasteiger partial charge in [0.15, 0.2) is 5.17 Å². The maximum atomic E-state index is 14.0. The Morgan fingerprint density at radius 2 is 1.61 bits per heavy atom. The Morgan fingerprint density at radius 1 is 1.00 bits per heavy atom. The number of benzene rings is 2. The summed E-state index contributed by atoms with van der Waals surface area (Å²) in [5, 5.41) is 0.196. The first-order valence-corrected chi connectivity index (χ1v) is 12.3. The van der Waals surface area contributed by atoms with Crippen molar-refractivity contribution < 1.29 is 36.6 Å². The third-order valence-corrected chi connectivity index (χ3v) is 8.05. The van der Waals surface area contributed by atoms with Crippen LogP contribution in [0.3, 0.4) is 0 Å². The van der Waals surface area contributed by atoms with Gasteiger partial charge in [0.2, 0.25) is 0 Å². The van der Waals surface area contributed by atoms with E-state index in [0.717, 1.165) is 12.1 Å². The Balaban J connectivity index is 0.00000336. The lowest BCUT2D eigenvalue weighted by Crippen LogP contribution is -2.51. The second kappa shape index (κ2) is 11.0. The van der Waals surface area contributed by atoms with E-state index in [9.17, 15) is 27.2 Å². The van der Waals surface area contributed by atoms with E-state index in [1.807, 2.05) is 0 Å². The smallest absolute Gasteiger partial charge is 0.326 e. The molecule has 5 rings (SSSR count). The number of rotatable bonds is 7. The number of hydrogen-bond donors (Lipinski definition) is 1. The minimum absolute atomic E-state index is 0. The van der Waals surface area contributed by atoms with Gasteiger partial charge in [0.1, 0.15) is 42.0 Å². The van der Waals surface area contributed by atoms with Gasteiger partial charge in [-0.25, -0.2) is 22.6 Å². The molecule has 2 aliphatic carbocycles. The summed E-state index contributed by atoms with van der Waals surface area (Å²) in [4.78, 5) is 34.5. The highest BCUT2D eigenvalue weighted by Gasteiger charge is 2.74. The lowest BCUT2D eigenvalue weighted by atomic mass is 9.91. The standard InChI is InChI=1S/C25H21F4N3O4S.ClH/c26-14-3-1-12(16(28)7-14)10-35-22(33)20-19-18(37-24-31-5-6-32-24)9-25(30,21(19)20)23(34)36-11-13-2-4-15(27)8-17(13)29;/h1-5,7-8,18-21H,6,9-11,30H2;1H/t18-,19-,20-,21-,25-;/m0./s1. The van der Waals surface area contributed by atoms with Gasteiger partial charge in [0.05, 0.1) is 12.5 Å². The zero-order valence-electron chi connectivity index (χ0n) is 19.6. The number of carbonyl (C=O) groups is 2. The lowest BCUT2D eigenvalue weighted by Gasteiger charge is -2.27. The summed E-state index contributed by atoms with van der Waals surface area (Å²) in [5.41, 5.74) is 4.92. The van der Waals surface area contributed by atoms with Crippen LogP contribution < -0.4 is 5.73 Å². The van der Waals surface area contributed by atoms with Gasteiger partial charge in [-0.2, -0.15) is 0 Å². The fourth-order valence-electron chi connectivity index (χ4n) is 4.99. The number of nitrogens with zero attached hydrogens (tertiary/aromatic N) is 2. The van der Waals surface area contributed by atoms with E-state index >= 15 is 0 Å². The first-order chi connectivity index (χ1) is 17.7. The zero-order chi connectivity index (χ0) is 26.3. The van der Waals surface area contributed by atoms with E-state index < -0.39 is 65.8 Å². The summed E-state index contributed by atoms with van der Waals surface area (Å²) in [7, 11) is 0. The molecule has 0 unspecified atom stereocenters. The first-order valence-electron chi connectivity index (χ1n) is 11.4. The molecule has 0 saturated heterocycles. The van der Waals surface area contributed by atoms with Gasteiger partial charge in [-0.15, -0.1) is 12.4 Å². The molecule has 0 amide bonds. The van der Waals surface area contributed by atoms with Gasteiger partial charge in [-0.05, 0) is 36.6 Å². The minimum atomic E-state index is -1.58. The van der Waals surface area contributed by atoms with Crippen LogP contribution >= 0.6 is 24.2 Å². The number of nitrogens with two attached hydrogens (primary N) is 1. The van der Waals surface area contributed by atoms with E-state index in [1.165, 1.54) is 23.9 Å². The Bertz CT molecular complexity index is 1330. The fraction of sp³-hybridized carbons (Fsp3) is 0.360. The van der Waals surface area contributed by atoms with Crippen molar-refractivity contribution in [2.24, 2.45) is 33.5 Å². The summed E-state index contributed by atoms with van der Waals surface area (Å²) in [6, 6.07) is 5.81. The number of halogens is 5. The molecule has 2 aromatic rings. The van der Waals surface area contributed by atoms with Crippen molar-refractivity contribution in [3.63, 3.8) is 0 Å². The summed E-state index contributed by atoms with van der Waals surface area (Å²) >= 11 is 1.30. The zero-order valence-corrected chi connectivity index (χ0v) is 21.2. The van der Waals surface area contributed by atoms with Crippen LogP contribution in [-0.4, -0.2) is 40.7 Å². The third-order valence-electron chi connectivity index (χ3n) is 6.82. The van der Waals surface area contributed by atoms with Crippen LogP contribution in [0.4, 0.5) is 17.6 Å². The Hall–Kier alpha value is -2.96. The number of aliphatic imine (C=N–C) groups is 2. The summed E-state index contributed by atoms with van der Waals surface area (Å²) in [6.45, 7) is -0.451. The number of amidine groups is 1. The molecule has 3 aliphatic rings. The Morgan fingerprint density at radius 3 is 2.16 bits per heavy atom. The molecule has 38 heavy (non-hydrogen) atoms. The van der Waals surface area contributed by atoms with Crippen molar-refractivity contribution in [2.45, 2.75) is 30.4 Å². The molecular weight excluding hydrogens is 550 g/mol. The molecule has 0 radical (unpaired) electrons. The van der Waals surface area contributed by atoms with E-state index in [-0.39, 0.29) is 41.1 Å². The molecule has 2 saturated carbocycles. The van der Waals surface area contributed by atoms with Crippen LogP contribution in [0.2, 0.25) is 0 Å². The topological polar surface area (TPSA) is 103 Å². The van der Waals surface area contributed by atoms with Crippen LogP contribution in [0.1, 0.15) is 17.5 Å². The molecule has 2 fully saturated rings. The monoisotopic (exact) mass is 571 g/mol. The van der Waals surface area contributed by atoms with E-state index in [4.69, 9.17) is 15.2 Å². The van der Waals surface area contributed by atoms with Crippen molar-refractivity contribution in [3.8, 4) is 0 Å². The van der Waals surface area contributed by atoms with Crippen LogP contribution in [0.5, 0.6) is 0 Å². The minimum Gasteiger partial charge on any atom is -0.460 e. The highest BCUT2D eigenvalue weighted by molar-refractivity contribution is 8.14. The van der Waals surface area contributed by atoms with Crippen LogP contribution in [0.25, 0.3) is 0 Å². The van der Waals surface area contributed by atoms with Crippen molar-refractivity contribution in [2.75, 3.05) is 6.54 Å². The van der Waals surface area contributed by atoms with Crippen LogP contribution in [0.15, 0.2) is 46.4 Å². The quantitative estimate of drug-likeness (QED) is 0.399. The largest absolute Gasteiger partial charge is 0.460 e. The predicted octanol–water partition coefficient (Wildman–Crippen LogP) is 3.96. The number of carbonyl (C=O) groups excluding carboxylic acids is 2. The maximum Gasteiger partial charge on any atom is 0.326 e. The van der Waals surface area contributed by atoms with Gasteiger partial charge < -0.3 is 15.2 Å². The third kappa shape index (κ3) is 5.43. The highest BCUT2D eigenvalue weighted by atomic mass is 35.5. The summed E-state index contributed by atoms with van der Waals surface area (Å²) in [6.07, 6.45) is 1.79. The van der Waals surface area contributed by atoms with E-state index in [1.54, 1.807) is 6.21 Å². The van der Waals surface area contributed by atoms with Gasteiger partial charge in [-0.1, -0.05) is 11.8 Å². The molecule has 0 aromatic heterocycles. The fourth-order valence-corrected chi connectivity index (χ4v) is 6.40. The number of ether oxygens (including phenoxy) is 2. The lowest BCUT2D eigenvalue weighted by molar-refractivity contribution is -0.153. The summed E-state index contributed by atoms with van der Waals surface area (Å²) < 4.78 is 64.9. The molecule has 13 heteroatoms. The molecule has 5 atom stereocenters. The molecule has 2 N–H and O–H groups in total. The average molecular weight is 572 g/mol. The van der Waals surface area contributed by atoms with Crippen molar-refractivity contribution >= 4 is 47.5 Å². The van der Waals surface area contributed by atoms with Gasteiger partial charge >= 0.3 is 11.9 Å². The SMILES string of the molecule is Cl.N[C@@]1(C(=O)OCc2ccc(F)cc2F)C[C@H](SC2=NCC=N2)[C@H]2[C@H](C(=O)OCc3ccc(F)cc3F)[C@H]21. The molecule has 0 spiro atoms. The molecule has 0 bridgehead atoms. The molecule has 202 valence electrons. The number of thioether (sulfide) groups is 1. The number of esters is 2.